The third kappa shape index (κ3) is 3.17. The molecule has 2 rings (SSSR count). The van der Waals surface area contributed by atoms with Gasteiger partial charge in [0.05, 0.1) is 0 Å². The number of rotatable bonds is 6. The summed E-state index contributed by atoms with van der Waals surface area (Å²) >= 11 is 6.36. The van der Waals surface area contributed by atoms with Crippen molar-refractivity contribution in [3.05, 3.63) is 34.6 Å². The van der Waals surface area contributed by atoms with Crippen LogP contribution < -0.4 is 5.32 Å². The first-order valence-electron chi connectivity index (χ1n) is 7.81. The first-order chi connectivity index (χ1) is 9.63. The van der Waals surface area contributed by atoms with Crippen LogP contribution in [-0.2, 0) is 0 Å². The molecule has 1 aromatic carbocycles. The summed E-state index contributed by atoms with van der Waals surface area (Å²) in [5.74, 6) is -0.197. The van der Waals surface area contributed by atoms with Crippen LogP contribution >= 0.6 is 11.6 Å². The normalized spacial score (nSPS) is 19.2. The maximum absolute atomic E-state index is 13.7. The van der Waals surface area contributed by atoms with Crippen LogP contribution in [0.1, 0.15) is 64.0 Å². The van der Waals surface area contributed by atoms with Crippen molar-refractivity contribution in [3.63, 3.8) is 0 Å². The molecular formula is C17H25ClFN. The number of hydrogen-bond donors (Lipinski definition) is 1. The minimum atomic E-state index is -0.197. The van der Waals surface area contributed by atoms with Crippen LogP contribution in [-0.4, -0.2) is 6.54 Å². The van der Waals surface area contributed by atoms with Gasteiger partial charge in [-0.25, -0.2) is 4.39 Å². The van der Waals surface area contributed by atoms with Crippen molar-refractivity contribution in [3.8, 4) is 0 Å². The summed E-state index contributed by atoms with van der Waals surface area (Å²) in [6.45, 7) is 5.35. The Balaban J connectivity index is 2.38. The van der Waals surface area contributed by atoms with Crippen molar-refractivity contribution in [2.75, 3.05) is 6.54 Å². The monoisotopic (exact) mass is 297 g/mol. The summed E-state index contributed by atoms with van der Waals surface area (Å²) in [5.41, 5.74) is 1.16. The van der Waals surface area contributed by atoms with E-state index < -0.39 is 0 Å². The molecule has 1 aromatic rings. The highest BCUT2D eigenvalue weighted by molar-refractivity contribution is 6.31. The average Bonchev–Trinajstić information content (AvgIpc) is 2.93. The van der Waals surface area contributed by atoms with Gasteiger partial charge in [-0.3, -0.25) is 0 Å². The SMILES string of the molecule is CCCNC(c1cc(F)ccc1Cl)C1(CC)CCCC1. The van der Waals surface area contributed by atoms with Gasteiger partial charge in [-0.2, -0.15) is 0 Å². The first-order valence-corrected chi connectivity index (χ1v) is 8.19. The van der Waals surface area contributed by atoms with E-state index in [2.05, 4.69) is 19.2 Å². The highest BCUT2D eigenvalue weighted by Crippen LogP contribution is 2.51. The molecule has 3 heteroatoms. The third-order valence-electron chi connectivity index (χ3n) is 4.78. The van der Waals surface area contributed by atoms with E-state index in [9.17, 15) is 4.39 Å². The third-order valence-corrected chi connectivity index (χ3v) is 5.13. The number of benzene rings is 1. The Hall–Kier alpha value is -0.600. The molecule has 1 aliphatic rings. The molecule has 1 N–H and O–H groups in total. The minimum Gasteiger partial charge on any atom is -0.309 e. The highest BCUT2D eigenvalue weighted by atomic mass is 35.5. The molecule has 112 valence electrons. The lowest BCUT2D eigenvalue weighted by molar-refractivity contribution is 0.187. The molecule has 1 fully saturated rings. The van der Waals surface area contributed by atoms with Gasteiger partial charge >= 0.3 is 0 Å². The molecule has 0 spiro atoms. The first kappa shape index (κ1) is 15.8. The number of halogens is 2. The van der Waals surface area contributed by atoms with E-state index in [-0.39, 0.29) is 17.3 Å². The molecule has 1 nitrogen and oxygen atoms in total. The van der Waals surface area contributed by atoms with E-state index in [1.165, 1.54) is 31.7 Å². The molecule has 0 heterocycles. The largest absolute Gasteiger partial charge is 0.309 e. The van der Waals surface area contributed by atoms with Gasteiger partial charge in [0.2, 0.25) is 0 Å². The molecule has 1 aliphatic carbocycles. The molecule has 0 bridgehead atoms. The van der Waals surface area contributed by atoms with Gasteiger partial charge in [-0.15, -0.1) is 0 Å². The fourth-order valence-corrected chi connectivity index (χ4v) is 3.83. The predicted octanol–water partition coefficient (Wildman–Crippen LogP) is 5.49. The Morgan fingerprint density at radius 3 is 2.60 bits per heavy atom. The molecule has 20 heavy (non-hydrogen) atoms. The molecule has 1 atom stereocenters. The second kappa shape index (κ2) is 6.91. The van der Waals surface area contributed by atoms with Gasteiger partial charge in [0, 0.05) is 11.1 Å². The van der Waals surface area contributed by atoms with Crippen LogP contribution in [0.2, 0.25) is 5.02 Å². The van der Waals surface area contributed by atoms with Crippen molar-refractivity contribution in [2.45, 2.75) is 58.4 Å². The van der Waals surface area contributed by atoms with Crippen LogP contribution in [0.4, 0.5) is 4.39 Å². The summed E-state index contributed by atoms with van der Waals surface area (Å²) < 4.78 is 13.7. The summed E-state index contributed by atoms with van der Waals surface area (Å²) in [7, 11) is 0. The molecular weight excluding hydrogens is 273 g/mol. The van der Waals surface area contributed by atoms with Gasteiger partial charge in [-0.05, 0) is 61.4 Å². The Kier molecular flexibility index (Phi) is 5.45. The van der Waals surface area contributed by atoms with Crippen LogP contribution in [0.15, 0.2) is 18.2 Å². The fourth-order valence-electron chi connectivity index (χ4n) is 3.61. The van der Waals surface area contributed by atoms with Crippen molar-refractivity contribution < 1.29 is 4.39 Å². The maximum atomic E-state index is 13.7. The van der Waals surface area contributed by atoms with Gasteiger partial charge in [0.1, 0.15) is 5.82 Å². The zero-order chi connectivity index (χ0) is 14.6. The molecule has 0 amide bonds. The van der Waals surface area contributed by atoms with Gasteiger partial charge in [0.15, 0.2) is 0 Å². The Bertz CT molecular complexity index is 441. The Labute approximate surface area is 126 Å². The summed E-state index contributed by atoms with van der Waals surface area (Å²) in [4.78, 5) is 0. The van der Waals surface area contributed by atoms with Gasteiger partial charge in [-0.1, -0.05) is 38.3 Å². The molecule has 0 aliphatic heterocycles. The zero-order valence-corrected chi connectivity index (χ0v) is 13.3. The summed E-state index contributed by atoms with van der Waals surface area (Å²) in [6, 6.07) is 4.91. The van der Waals surface area contributed by atoms with E-state index in [0.29, 0.717) is 5.02 Å². The van der Waals surface area contributed by atoms with Gasteiger partial charge in [0.25, 0.3) is 0 Å². The van der Waals surface area contributed by atoms with Crippen molar-refractivity contribution in [2.24, 2.45) is 5.41 Å². The van der Waals surface area contributed by atoms with Crippen LogP contribution in [0.3, 0.4) is 0 Å². The number of hydrogen-bond acceptors (Lipinski definition) is 1. The quantitative estimate of drug-likeness (QED) is 0.732. The maximum Gasteiger partial charge on any atom is 0.123 e. The van der Waals surface area contributed by atoms with Crippen molar-refractivity contribution in [1.29, 1.82) is 0 Å². The second-order valence-corrected chi connectivity index (χ2v) is 6.38. The molecule has 0 aromatic heterocycles. The number of nitrogens with one attached hydrogen (secondary N) is 1. The van der Waals surface area contributed by atoms with Crippen molar-refractivity contribution >= 4 is 11.6 Å². The fraction of sp³-hybridized carbons (Fsp3) is 0.647. The van der Waals surface area contributed by atoms with Crippen LogP contribution in [0.25, 0.3) is 0 Å². The van der Waals surface area contributed by atoms with E-state index in [0.717, 1.165) is 24.9 Å². The topological polar surface area (TPSA) is 12.0 Å². The molecule has 1 unspecified atom stereocenters. The van der Waals surface area contributed by atoms with E-state index in [4.69, 9.17) is 11.6 Å². The average molecular weight is 298 g/mol. The standard InChI is InChI=1S/C17H25ClFN/c1-3-11-20-16(17(4-2)9-5-6-10-17)14-12-13(19)7-8-15(14)18/h7-8,12,16,20H,3-6,9-11H2,1-2H3. The highest BCUT2D eigenvalue weighted by Gasteiger charge is 2.41. The summed E-state index contributed by atoms with van der Waals surface area (Å²) in [5, 5.41) is 4.32. The lowest BCUT2D eigenvalue weighted by Gasteiger charge is -2.38. The molecule has 1 saturated carbocycles. The summed E-state index contributed by atoms with van der Waals surface area (Å²) in [6.07, 6.45) is 7.13. The predicted molar refractivity (Wildman–Crippen MR) is 83.6 cm³/mol. The Morgan fingerprint density at radius 2 is 2.00 bits per heavy atom. The van der Waals surface area contributed by atoms with E-state index >= 15 is 0 Å². The lowest BCUT2D eigenvalue weighted by atomic mass is 9.73. The Morgan fingerprint density at radius 1 is 1.30 bits per heavy atom. The minimum absolute atomic E-state index is 0.165. The van der Waals surface area contributed by atoms with Crippen LogP contribution in [0, 0.1) is 11.2 Å². The molecule has 0 saturated heterocycles. The van der Waals surface area contributed by atoms with Gasteiger partial charge < -0.3 is 5.32 Å². The smallest absolute Gasteiger partial charge is 0.123 e. The van der Waals surface area contributed by atoms with Crippen molar-refractivity contribution in [1.82, 2.24) is 5.32 Å². The zero-order valence-electron chi connectivity index (χ0n) is 12.5. The molecule has 0 radical (unpaired) electrons. The van der Waals surface area contributed by atoms with E-state index in [1.54, 1.807) is 12.1 Å². The lowest BCUT2D eigenvalue weighted by Crippen LogP contribution is -2.37. The second-order valence-electron chi connectivity index (χ2n) is 5.98. The van der Waals surface area contributed by atoms with Crippen LogP contribution in [0.5, 0.6) is 0 Å². The van der Waals surface area contributed by atoms with E-state index in [1.807, 2.05) is 0 Å².